The fourth-order valence-electron chi connectivity index (χ4n) is 6.02. The van der Waals surface area contributed by atoms with E-state index in [0.29, 0.717) is 68.4 Å². The molecule has 1 atom stereocenters. The molecule has 0 fully saturated rings. The summed E-state index contributed by atoms with van der Waals surface area (Å²) >= 11 is 0. The second-order valence-electron chi connectivity index (χ2n) is 13.6. The largest absolute Gasteiger partial charge is 0.507 e. The number of allylic oxidation sites excluding steroid dienone is 14. The zero-order valence-corrected chi connectivity index (χ0v) is 34.2. The molecule has 0 saturated carbocycles. The molecule has 306 valence electrons. The van der Waals surface area contributed by atoms with Gasteiger partial charge in [0.05, 0.1) is 14.2 Å². The number of esters is 2. The first kappa shape index (κ1) is 47.0. The van der Waals surface area contributed by atoms with Crippen LogP contribution in [0.1, 0.15) is 124 Å². The number of methoxy groups -OCH3 is 2. The van der Waals surface area contributed by atoms with Gasteiger partial charge in [0.1, 0.15) is 29.7 Å². The minimum Gasteiger partial charge on any atom is -0.507 e. The quantitative estimate of drug-likeness (QED) is 0.0457. The lowest BCUT2D eigenvalue weighted by molar-refractivity contribution is -0.145. The van der Waals surface area contributed by atoms with E-state index < -0.39 is 18.0 Å². The first-order chi connectivity index (χ1) is 27.1. The molecule has 0 spiro atoms. The topological polar surface area (TPSA) is 140 Å². The monoisotopic (exact) mass is 772 g/mol. The van der Waals surface area contributed by atoms with Crippen molar-refractivity contribution in [1.82, 2.24) is 10.6 Å². The van der Waals surface area contributed by atoms with Crippen molar-refractivity contribution >= 4 is 23.8 Å². The highest BCUT2D eigenvalue weighted by Crippen LogP contribution is 2.42. The summed E-state index contributed by atoms with van der Waals surface area (Å²) in [6, 6.07) is -0.737. The average molecular weight is 773 g/mol. The Kier molecular flexibility index (Phi) is 23.8. The Balaban J connectivity index is 1.61. The number of aromatic hydroxyl groups is 1. The van der Waals surface area contributed by atoms with E-state index in [1.54, 1.807) is 0 Å². The van der Waals surface area contributed by atoms with Gasteiger partial charge in [-0.3, -0.25) is 9.59 Å². The van der Waals surface area contributed by atoms with Crippen LogP contribution in [0, 0.1) is 6.92 Å². The van der Waals surface area contributed by atoms with E-state index in [2.05, 4.69) is 78.3 Å². The maximum atomic E-state index is 12.5. The van der Waals surface area contributed by atoms with Crippen molar-refractivity contribution in [3.63, 3.8) is 0 Å². The predicted octanol–water partition coefficient (Wildman–Crippen LogP) is 9.07. The number of fused-ring (bicyclic) bond motifs is 1. The summed E-state index contributed by atoms with van der Waals surface area (Å²) in [5.74, 6) is -0.932. The molecule has 2 rings (SSSR count). The van der Waals surface area contributed by atoms with Crippen LogP contribution in [0.15, 0.2) is 84.6 Å². The number of hydrogen-bond donors (Lipinski definition) is 3. The molecule has 1 unspecified atom stereocenters. The van der Waals surface area contributed by atoms with E-state index >= 15 is 0 Å². The Bertz CT molecular complexity index is 1630. The first-order valence-electron chi connectivity index (χ1n) is 19.9. The highest BCUT2D eigenvalue weighted by atomic mass is 16.5. The average Bonchev–Trinajstić information content (AvgIpc) is 3.59. The fraction of sp³-hybridized carbons (Fsp3) is 0.478. The molecule has 1 aromatic carbocycles. The molecule has 56 heavy (non-hydrogen) atoms. The van der Waals surface area contributed by atoms with Gasteiger partial charge in [0, 0.05) is 30.5 Å². The molecule has 0 bridgehead atoms. The third-order valence-electron chi connectivity index (χ3n) is 9.25. The standard InChI is InChI=1S/C46H64N2O8/c1-6-7-8-9-10-11-12-13-14-15-16-17-18-19-20-21-22-23-24-28-41(50)48-39(45(52)55-5)27-25-26-33-47-40(49)32-30-35(2)29-31-37-43(51)42-38(34-56-46(42)53)36(3)44(37)54-4/h7-8,10-11,13-14,16-17,19-20,22-23,29,39,51H,6,9,12,15,18,21,24-28,30-34H2,1-5H3,(H,47,49)(H,48,50)/b8-7-,11-10-,14-13-,17-16-,20-19-,23-22?,35-29-. The highest BCUT2D eigenvalue weighted by molar-refractivity contribution is 5.98. The molecule has 3 N–H and O–H groups in total. The minimum absolute atomic E-state index is 0.0958. The molecular formula is C46H64N2O8. The molecular weight excluding hydrogens is 709 g/mol. The van der Waals surface area contributed by atoms with Crippen molar-refractivity contribution in [3.8, 4) is 11.5 Å². The Hall–Kier alpha value is -5.12. The predicted molar refractivity (Wildman–Crippen MR) is 223 cm³/mol. The van der Waals surface area contributed by atoms with Crippen LogP contribution in [-0.2, 0) is 36.9 Å². The summed E-state index contributed by atoms with van der Waals surface area (Å²) in [6.45, 7) is 6.45. The zero-order valence-electron chi connectivity index (χ0n) is 34.2. The molecule has 2 amide bonds. The second kappa shape index (κ2) is 28.3. The number of phenolic OH excluding ortho intramolecular Hbond substituents is 1. The van der Waals surface area contributed by atoms with Gasteiger partial charge in [0.2, 0.25) is 11.8 Å². The summed E-state index contributed by atoms with van der Waals surface area (Å²) in [4.78, 5) is 49.5. The van der Waals surface area contributed by atoms with Crippen LogP contribution in [0.25, 0.3) is 0 Å². The van der Waals surface area contributed by atoms with Crippen LogP contribution in [0.2, 0.25) is 0 Å². The van der Waals surface area contributed by atoms with Crippen molar-refractivity contribution in [2.24, 2.45) is 0 Å². The third-order valence-corrected chi connectivity index (χ3v) is 9.25. The minimum atomic E-state index is -0.737. The van der Waals surface area contributed by atoms with Gasteiger partial charge in [0.15, 0.2) is 0 Å². The van der Waals surface area contributed by atoms with Crippen LogP contribution in [0.4, 0.5) is 0 Å². The Morgan fingerprint density at radius 1 is 0.821 bits per heavy atom. The number of unbranched alkanes of at least 4 members (excludes halogenated alkanes) is 1. The number of benzene rings is 1. The molecule has 1 aromatic rings. The molecule has 1 aliphatic rings. The number of amides is 2. The maximum absolute atomic E-state index is 12.5. The number of nitrogens with one attached hydrogen (secondary N) is 2. The number of ether oxygens (including phenoxy) is 3. The summed E-state index contributed by atoms with van der Waals surface area (Å²) in [5, 5.41) is 16.5. The first-order valence-corrected chi connectivity index (χ1v) is 19.9. The van der Waals surface area contributed by atoms with Crippen LogP contribution < -0.4 is 15.4 Å². The summed E-state index contributed by atoms with van der Waals surface area (Å²) in [6.07, 6.45) is 36.9. The van der Waals surface area contributed by atoms with Crippen LogP contribution >= 0.6 is 0 Å². The second-order valence-corrected chi connectivity index (χ2v) is 13.6. The Morgan fingerprint density at radius 2 is 1.41 bits per heavy atom. The van der Waals surface area contributed by atoms with E-state index in [1.165, 1.54) is 14.2 Å². The van der Waals surface area contributed by atoms with Crippen LogP contribution in [-0.4, -0.2) is 55.7 Å². The summed E-state index contributed by atoms with van der Waals surface area (Å²) < 4.78 is 15.6. The van der Waals surface area contributed by atoms with Crippen molar-refractivity contribution in [2.45, 2.75) is 123 Å². The van der Waals surface area contributed by atoms with Crippen LogP contribution in [0.5, 0.6) is 11.5 Å². The highest BCUT2D eigenvalue weighted by Gasteiger charge is 2.32. The smallest absolute Gasteiger partial charge is 0.342 e. The zero-order chi connectivity index (χ0) is 41.0. The van der Waals surface area contributed by atoms with E-state index in [1.807, 2.05) is 32.1 Å². The fourth-order valence-corrected chi connectivity index (χ4v) is 6.02. The number of phenols is 1. The van der Waals surface area contributed by atoms with Gasteiger partial charge in [-0.15, -0.1) is 0 Å². The Labute approximate surface area is 334 Å². The van der Waals surface area contributed by atoms with E-state index in [0.717, 1.165) is 49.7 Å². The summed E-state index contributed by atoms with van der Waals surface area (Å²) in [7, 11) is 2.83. The number of hydrogen-bond acceptors (Lipinski definition) is 8. The van der Waals surface area contributed by atoms with Crippen molar-refractivity contribution < 1.29 is 38.5 Å². The van der Waals surface area contributed by atoms with Gasteiger partial charge in [-0.1, -0.05) is 91.5 Å². The number of carbonyl (C=O) groups excluding carboxylic acids is 4. The van der Waals surface area contributed by atoms with Gasteiger partial charge < -0.3 is 30.0 Å². The van der Waals surface area contributed by atoms with Gasteiger partial charge >= 0.3 is 11.9 Å². The van der Waals surface area contributed by atoms with Crippen molar-refractivity contribution in [2.75, 3.05) is 20.8 Å². The van der Waals surface area contributed by atoms with Crippen molar-refractivity contribution in [1.29, 1.82) is 0 Å². The van der Waals surface area contributed by atoms with Gasteiger partial charge in [-0.25, -0.2) is 9.59 Å². The SMILES string of the molecule is CC/C=C\C/C=C\C/C=C\C/C=C\C/C=C\CC=CCCC(=O)NC(CCCCNC(=O)CC/C(C)=C\Cc1c(O)c2c(c(C)c1OC)COC2=O)C(=O)OC. The normalized spacial score (nSPS) is 13.8. The number of carbonyl (C=O) groups is 4. The molecule has 10 nitrogen and oxygen atoms in total. The van der Waals surface area contributed by atoms with E-state index in [9.17, 15) is 24.3 Å². The van der Waals surface area contributed by atoms with Crippen molar-refractivity contribution in [3.05, 3.63) is 107 Å². The van der Waals surface area contributed by atoms with E-state index in [-0.39, 0.29) is 36.2 Å². The van der Waals surface area contributed by atoms with Crippen LogP contribution in [0.3, 0.4) is 0 Å². The molecule has 0 aromatic heterocycles. The lowest BCUT2D eigenvalue weighted by Crippen LogP contribution is -2.41. The summed E-state index contributed by atoms with van der Waals surface area (Å²) in [5.41, 5.74) is 3.07. The maximum Gasteiger partial charge on any atom is 0.342 e. The Morgan fingerprint density at radius 3 is 1.98 bits per heavy atom. The van der Waals surface area contributed by atoms with Gasteiger partial charge in [0.25, 0.3) is 0 Å². The van der Waals surface area contributed by atoms with Gasteiger partial charge in [-0.2, -0.15) is 0 Å². The third kappa shape index (κ3) is 18.0. The van der Waals surface area contributed by atoms with E-state index in [4.69, 9.17) is 14.2 Å². The lowest BCUT2D eigenvalue weighted by atomic mass is 9.94. The molecule has 10 heteroatoms. The molecule has 0 saturated heterocycles. The molecule has 1 aliphatic heterocycles. The molecule has 0 radical (unpaired) electrons. The molecule has 1 heterocycles. The van der Waals surface area contributed by atoms with Gasteiger partial charge in [-0.05, 0) is 96.5 Å². The molecule has 0 aliphatic carbocycles. The lowest BCUT2D eigenvalue weighted by Gasteiger charge is -2.16. The number of cyclic esters (lactones) is 1. The number of rotatable bonds is 27.